The van der Waals surface area contributed by atoms with Crippen LogP contribution in [0.2, 0.25) is 4.34 Å². The van der Waals surface area contributed by atoms with Crippen molar-refractivity contribution in [1.82, 2.24) is 0 Å². The number of benzene rings is 1. The molecule has 0 radical (unpaired) electrons. The fourth-order valence-electron chi connectivity index (χ4n) is 2.97. The Morgan fingerprint density at radius 3 is 2.90 bits per heavy atom. The number of rotatable bonds is 3. The molecular weight excluding hydrogens is 290 g/mol. The highest BCUT2D eigenvalue weighted by Gasteiger charge is 2.25. The van der Waals surface area contributed by atoms with Gasteiger partial charge in [-0.25, -0.2) is 0 Å². The highest BCUT2D eigenvalue weighted by Crippen LogP contribution is 2.42. The van der Waals surface area contributed by atoms with Crippen LogP contribution in [-0.4, -0.2) is 7.11 Å². The standard InChI is InChI=1S/C16H18ClNOS/c1-9-4-5-12(10(2)16(9)19-3)18-13-6-7-14-11(13)8-15(17)20-14/h4-5,8,13,18H,6-7H2,1-3H3. The minimum Gasteiger partial charge on any atom is -0.496 e. The summed E-state index contributed by atoms with van der Waals surface area (Å²) in [5.74, 6) is 0.969. The van der Waals surface area contributed by atoms with Gasteiger partial charge in [0.2, 0.25) is 0 Å². The van der Waals surface area contributed by atoms with Crippen LogP contribution in [0.5, 0.6) is 5.75 Å². The number of thiophene rings is 1. The van der Waals surface area contributed by atoms with Crippen LogP contribution in [0.15, 0.2) is 18.2 Å². The van der Waals surface area contributed by atoms with Crippen LogP contribution < -0.4 is 10.1 Å². The molecule has 0 fully saturated rings. The summed E-state index contributed by atoms with van der Waals surface area (Å²) >= 11 is 7.82. The molecule has 0 aliphatic heterocycles. The predicted octanol–water partition coefficient (Wildman–Crippen LogP) is 5.13. The van der Waals surface area contributed by atoms with Gasteiger partial charge in [0.1, 0.15) is 5.75 Å². The number of ether oxygens (including phenoxy) is 1. The zero-order valence-electron chi connectivity index (χ0n) is 11.9. The van der Waals surface area contributed by atoms with Gasteiger partial charge in [-0.3, -0.25) is 0 Å². The van der Waals surface area contributed by atoms with Gasteiger partial charge in [0, 0.05) is 16.1 Å². The molecule has 20 heavy (non-hydrogen) atoms. The number of anilines is 1. The molecule has 1 heterocycles. The van der Waals surface area contributed by atoms with Crippen molar-refractivity contribution in [3.8, 4) is 5.75 Å². The van der Waals surface area contributed by atoms with E-state index < -0.39 is 0 Å². The van der Waals surface area contributed by atoms with Gasteiger partial charge in [0.15, 0.2) is 0 Å². The van der Waals surface area contributed by atoms with Gasteiger partial charge >= 0.3 is 0 Å². The molecule has 1 aromatic heterocycles. The zero-order chi connectivity index (χ0) is 14.3. The molecule has 0 saturated carbocycles. The highest BCUT2D eigenvalue weighted by molar-refractivity contribution is 7.16. The van der Waals surface area contributed by atoms with Gasteiger partial charge in [-0.2, -0.15) is 0 Å². The minimum atomic E-state index is 0.361. The first-order valence-corrected chi connectivity index (χ1v) is 7.98. The van der Waals surface area contributed by atoms with E-state index in [1.807, 2.05) is 0 Å². The van der Waals surface area contributed by atoms with E-state index in [4.69, 9.17) is 16.3 Å². The molecule has 1 aromatic carbocycles. The Morgan fingerprint density at radius 1 is 1.35 bits per heavy atom. The van der Waals surface area contributed by atoms with E-state index in [2.05, 4.69) is 37.4 Å². The lowest BCUT2D eigenvalue weighted by atomic mass is 10.1. The quantitative estimate of drug-likeness (QED) is 0.849. The van der Waals surface area contributed by atoms with Crippen molar-refractivity contribution in [2.45, 2.75) is 32.7 Å². The second kappa shape index (κ2) is 5.30. The Balaban J connectivity index is 1.89. The molecule has 0 amide bonds. The Hall–Kier alpha value is -1.19. The monoisotopic (exact) mass is 307 g/mol. The summed E-state index contributed by atoms with van der Waals surface area (Å²) in [5, 5.41) is 3.65. The topological polar surface area (TPSA) is 21.3 Å². The van der Waals surface area contributed by atoms with Gasteiger partial charge in [-0.1, -0.05) is 17.7 Å². The van der Waals surface area contributed by atoms with Crippen LogP contribution in [0.4, 0.5) is 5.69 Å². The Kier molecular flexibility index (Phi) is 3.65. The first-order valence-electron chi connectivity index (χ1n) is 6.79. The number of methoxy groups -OCH3 is 1. The number of hydrogen-bond acceptors (Lipinski definition) is 3. The fourth-order valence-corrected chi connectivity index (χ4v) is 4.32. The van der Waals surface area contributed by atoms with E-state index >= 15 is 0 Å². The number of aryl methyl sites for hydroxylation is 2. The summed E-state index contributed by atoms with van der Waals surface area (Å²) in [6.45, 7) is 4.17. The van der Waals surface area contributed by atoms with Crippen LogP contribution in [0.25, 0.3) is 0 Å². The van der Waals surface area contributed by atoms with Crippen molar-refractivity contribution in [3.63, 3.8) is 0 Å². The maximum atomic E-state index is 6.12. The largest absolute Gasteiger partial charge is 0.496 e. The van der Waals surface area contributed by atoms with E-state index in [0.29, 0.717) is 6.04 Å². The summed E-state index contributed by atoms with van der Waals surface area (Å²) in [4.78, 5) is 1.42. The van der Waals surface area contributed by atoms with Crippen molar-refractivity contribution in [3.05, 3.63) is 44.1 Å². The number of nitrogens with one attached hydrogen (secondary N) is 1. The lowest BCUT2D eigenvalue weighted by Crippen LogP contribution is -2.08. The molecule has 3 rings (SSSR count). The van der Waals surface area contributed by atoms with Crippen molar-refractivity contribution >= 4 is 28.6 Å². The van der Waals surface area contributed by atoms with Gasteiger partial charge in [-0.05, 0) is 49.9 Å². The van der Waals surface area contributed by atoms with E-state index in [1.54, 1.807) is 18.4 Å². The van der Waals surface area contributed by atoms with Gasteiger partial charge in [0.25, 0.3) is 0 Å². The lowest BCUT2D eigenvalue weighted by molar-refractivity contribution is 0.409. The maximum absolute atomic E-state index is 6.12. The summed E-state index contributed by atoms with van der Waals surface area (Å²) in [6.07, 6.45) is 2.25. The lowest BCUT2D eigenvalue weighted by Gasteiger charge is -2.19. The number of halogens is 1. The third kappa shape index (κ3) is 2.29. The molecule has 2 nitrogen and oxygen atoms in total. The SMILES string of the molecule is COc1c(C)ccc(NC2CCc3sc(Cl)cc32)c1C. The predicted molar refractivity (Wildman–Crippen MR) is 86.5 cm³/mol. The molecule has 1 aliphatic carbocycles. The second-order valence-electron chi connectivity index (χ2n) is 5.25. The molecule has 2 aromatic rings. The van der Waals surface area contributed by atoms with Gasteiger partial charge in [0.05, 0.1) is 17.5 Å². The van der Waals surface area contributed by atoms with E-state index in [9.17, 15) is 0 Å². The Labute approximate surface area is 128 Å². The molecule has 0 bridgehead atoms. The molecule has 0 spiro atoms. The summed E-state index contributed by atoms with van der Waals surface area (Å²) in [6, 6.07) is 6.70. The zero-order valence-corrected chi connectivity index (χ0v) is 13.5. The van der Waals surface area contributed by atoms with Gasteiger partial charge < -0.3 is 10.1 Å². The van der Waals surface area contributed by atoms with Crippen LogP contribution in [0.3, 0.4) is 0 Å². The summed E-state index contributed by atoms with van der Waals surface area (Å²) < 4.78 is 6.38. The molecule has 1 atom stereocenters. The average Bonchev–Trinajstić information content (AvgIpc) is 2.94. The smallest absolute Gasteiger partial charge is 0.126 e. The van der Waals surface area contributed by atoms with Crippen molar-refractivity contribution in [2.24, 2.45) is 0 Å². The van der Waals surface area contributed by atoms with Crippen molar-refractivity contribution in [2.75, 3.05) is 12.4 Å². The molecule has 0 saturated heterocycles. The summed E-state index contributed by atoms with van der Waals surface area (Å²) in [7, 11) is 1.73. The maximum Gasteiger partial charge on any atom is 0.126 e. The normalized spacial score (nSPS) is 17.1. The Morgan fingerprint density at radius 2 is 2.15 bits per heavy atom. The molecule has 1 aliphatic rings. The average molecular weight is 308 g/mol. The highest BCUT2D eigenvalue weighted by atomic mass is 35.5. The molecule has 4 heteroatoms. The van der Waals surface area contributed by atoms with Crippen molar-refractivity contribution < 1.29 is 4.74 Å². The first-order chi connectivity index (χ1) is 9.60. The number of hydrogen-bond donors (Lipinski definition) is 1. The third-order valence-electron chi connectivity index (χ3n) is 3.98. The second-order valence-corrected chi connectivity index (χ2v) is 7.02. The molecule has 1 N–H and O–H groups in total. The molecular formula is C16H18ClNOS. The van der Waals surface area contributed by atoms with Crippen LogP contribution >= 0.6 is 22.9 Å². The van der Waals surface area contributed by atoms with E-state index in [0.717, 1.165) is 28.6 Å². The number of fused-ring (bicyclic) bond motifs is 1. The first kappa shape index (κ1) is 13.8. The van der Waals surface area contributed by atoms with Gasteiger partial charge in [-0.15, -0.1) is 11.3 Å². The van der Waals surface area contributed by atoms with Crippen LogP contribution in [0.1, 0.15) is 34.0 Å². The Bertz CT molecular complexity index is 650. The summed E-state index contributed by atoms with van der Waals surface area (Å²) in [5.41, 5.74) is 4.84. The van der Waals surface area contributed by atoms with E-state index in [-0.39, 0.29) is 0 Å². The third-order valence-corrected chi connectivity index (χ3v) is 5.32. The van der Waals surface area contributed by atoms with Crippen LogP contribution in [-0.2, 0) is 6.42 Å². The molecule has 1 unspecified atom stereocenters. The molecule has 106 valence electrons. The fraction of sp³-hybridized carbons (Fsp3) is 0.375. The van der Waals surface area contributed by atoms with E-state index in [1.165, 1.54) is 21.6 Å². The van der Waals surface area contributed by atoms with Crippen molar-refractivity contribution in [1.29, 1.82) is 0 Å². The van der Waals surface area contributed by atoms with Crippen LogP contribution in [0, 0.1) is 13.8 Å². The minimum absolute atomic E-state index is 0.361.